The van der Waals surface area contributed by atoms with Gasteiger partial charge in [-0.1, -0.05) is 12.1 Å². The maximum absolute atomic E-state index is 12.2. The van der Waals surface area contributed by atoms with Crippen molar-refractivity contribution in [2.24, 2.45) is 11.0 Å². The van der Waals surface area contributed by atoms with Crippen LogP contribution in [0.1, 0.15) is 11.1 Å². The Balaban J connectivity index is 2.83. The molecule has 17 heavy (non-hydrogen) atoms. The van der Waals surface area contributed by atoms with Crippen LogP contribution in [0.2, 0.25) is 0 Å². The zero-order valence-corrected chi connectivity index (χ0v) is 9.29. The number of hydrogen-bond donors (Lipinski definition) is 2. The summed E-state index contributed by atoms with van der Waals surface area (Å²) >= 11 is 0. The van der Waals surface area contributed by atoms with Crippen molar-refractivity contribution in [3.63, 3.8) is 0 Å². The minimum atomic E-state index is -4.43. The van der Waals surface area contributed by atoms with E-state index >= 15 is 0 Å². The third-order valence-corrected chi connectivity index (χ3v) is 2.73. The van der Waals surface area contributed by atoms with Crippen LogP contribution in [-0.4, -0.2) is 12.8 Å². The number of rotatable bonds is 3. The molecule has 0 aliphatic carbocycles. The number of hydrazine groups is 1. The van der Waals surface area contributed by atoms with Crippen molar-refractivity contribution in [2.75, 3.05) is 0 Å². The molecule has 0 heterocycles. The van der Waals surface area contributed by atoms with Gasteiger partial charge in [-0.3, -0.25) is 5.84 Å². The summed E-state index contributed by atoms with van der Waals surface area (Å²) in [4.78, 5) is 0. The zero-order valence-electron chi connectivity index (χ0n) is 8.48. The lowest BCUT2D eigenvalue weighted by atomic mass is 10.1. The molecular weight excluding hydrogens is 259 g/mol. The van der Waals surface area contributed by atoms with E-state index in [1.54, 1.807) is 0 Å². The van der Waals surface area contributed by atoms with Gasteiger partial charge in [-0.05, 0) is 17.7 Å². The van der Waals surface area contributed by atoms with Crippen LogP contribution in [0.25, 0.3) is 0 Å². The molecule has 0 aliphatic heterocycles. The van der Waals surface area contributed by atoms with E-state index in [4.69, 9.17) is 11.0 Å². The van der Waals surface area contributed by atoms with Crippen LogP contribution in [0, 0.1) is 0 Å². The number of hydrogen-bond acceptors (Lipinski definition) is 3. The Hall–Kier alpha value is -1.16. The molecule has 1 rings (SSSR count). The van der Waals surface area contributed by atoms with Crippen LogP contribution in [0.5, 0.6) is 0 Å². The first kappa shape index (κ1) is 13.9. The molecule has 0 spiro atoms. The summed E-state index contributed by atoms with van der Waals surface area (Å²) in [5.41, 5.74) is -0.519. The highest BCUT2D eigenvalue weighted by atomic mass is 32.2. The highest BCUT2D eigenvalue weighted by molar-refractivity contribution is 7.86. The third kappa shape index (κ3) is 3.97. The van der Waals surface area contributed by atoms with Gasteiger partial charge in [0.25, 0.3) is 10.2 Å². The average Bonchev–Trinajstić information content (AvgIpc) is 2.15. The Morgan fingerprint density at radius 3 is 2.00 bits per heavy atom. The van der Waals surface area contributed by atoms with Gasteiger partial charge in [0.15, 0.2) is 0 Å². The monoisotopic (exact) mass is 269 g/mol. The van der Waals surface area contributed by atoms with Gasteiger partial charge >= 0.3 is 6.18 Å². The predicted octanol–water partition coefficient (Wildman–Crippen LogP) is 0.585. The summed E-state index contributed by atoms with van der Waals surface area (Å²) in [5, 5.41) is 4.72. The molecular formula is C8H10F3N3O2S. The fraction of sp³-hybridized carbons (Fsp3) is 0.250. The molecule has 0 bridgehead atoms. The predicted molar refractivity (Wildman–Crippen MR) is 54.3 cm³/mol. The van der Waals surface area contributed by atoms with Crippen molar-refractivity contribution < 1.29 is 21.6 Å². The Kier molecular flexibility index (Phi) is 3.77. The molecule has 0 saturated heterocycles. The summed E-state index contributed by atoms with van der Waals surface area (Å²) in [5.74, 6) is 5.10. The molecule has 1 aromatic carbocycles. The molecule has 0 unspecified atom stereocenters. The molecule has 9 heteroatoms. The van der Waals surface area contributed by atoms with Crippen LogP contribution < -0.4 is 11.0 Å². The summed E-state index contributed by atoms with van der Waals surface area (Å²) in [6.45, 7) is -0.295. The van der Waals surface area contributed by atoms with E-state index in [1.165, 1.54) is 0 Å². The van der Waals surface area contributed by atoms with Crippen molar-refractivity contribution in [3.05, 3.63) is 35.4 Å². The molecule has 5 nitrogen and oxygen atoms in total. The van der Waals surface area contributed by atoms with Gasteiger partial charge in [0.2, 0.25) is 0 Å². The first-order valence-electron chi connectivity index (χ1n) is 4.32. The normalized spacial score (nSPS) is 13.1. The maximum Gasteiger partial charge on any atom is 0.416 e. The Labute approximate surface area is 96.0 Å². The topological polar surface area (TPSA) is 89.4 Å². The number of halogens is 3. The molecule has 0 radical (unpaired) electrons. The van der Waals surface area contributed by atoms with E-state index in [1.807, 2.05) is 0 Å². The van der Waals surface area contributed by atoms with E-state index < -0.39 is 21.9 Å². The second-order valence-electron chi connectivity index (χ2n) is 3.28. The summed E-state index contributed by atoms with van der Waals surface area (Å²) in [6, 6.07) is 3.94. The minimum absolute atomic E-state index is 0.295. The SMILES string of the molecule is NN(Cc1ccc(C(F)(F)F)cc1)S(N)(=O)=O. The van der Waals surface area contributed by atoms with Crippen molar-refractivity contribution in [1.82, 2.24) is 4.41 Å². The molecule has 0 saturated carbocycles. The lowest BCUT2D eigenvalue weighted by Crippen LogP contribution is -2.41. The molecule has 4 N–H and O–H groups in total. The smallest absolute Gasteiger partial charge is 0.254 e. The molecule has 0 fully saturated rings. The fourth-order valence-corrected chi connectivity index (χ4v) is 1.40. The standard InChI is InChI=1S/C8H10F3N3O2S/c9-8(10,11)7-3-1-6(2-4-7)5-14(12)17(13,15)16/h1-4H,5,12H2,(H2,13,15,16). The molecule has 0 aliphatic rings. The second-order valence-corrected chi connectivity index (χ2v) is 4.78. The molecule has 1 aromatic rings. The molecule has 96 valence electrons. The quantitative estimate of drug-likeness (QED) is 0.621. The average molecular weight is 269 g/mol. The van der Waals surface area contributed by atoms with Crippen LogP contribution in [0.3, 0.4) is 0 Å². The van der Waals surface area contributed by atoms with Gasteiger partial charge in [0, 0.05) is 0 Å². The Bertz CT molecular complexity index is 484. The Morgan fingerprint density at radius 1 is 1.18 bits per heavy atom. The molecule has 0 atom stereocenters. The van der Waals surface area contributed by atoms with Crippen LogP contribution in [0.15, 0.2) is 24.3 Å². The second kappa shape index (κ2) is 4.61. The van der Waals surface area contributed by atoms with Crippen molar-refractivity contribution in [1.29, 1.82) is 0 Å². The number of nitrogens with two attached hydrogens (primary N) is 2. The van der Waals surface area contributed by atoms with E-state index in [0.717, 1.165) is 24.3 Å². The summed E-state index contributed by atoms with van der Waals surface area (Å²) in [6.07, 6.45) is -4.43. The first-order chi connectivity index (χ1) is 7.60. The zero-order chi connectivity index (χ0) is 13.3. The van der Waals surface area contributed by atoms with Crippen LogP contribution in [0.4, 0.5) is 13.2 Å². The lowest BCUT2D eigenvalue weighted by Gasteiger charge is -2.13. The number of nitrogens with zero attached hydrogens (tertiary/aromatic N) is 1. The van der Waals surface area contributed by atoms with Gasteiger partial charge < -0.3 is 0 Å². The van der Waals surface area contributed by atoms with E-state index in [0.29, 0.717) is 9.98 Å². The van der Waals surface area contributed by atoms with Gasteiger partial charge in [0.1, 0.15) is 0 Å². The van der Waals surface area contributed by atoms with Gasteiger partial charge in [-0.25, -0.2) is 5.14 Å². The van der Waals surface area contributed by atoms with Gasteiger partial charge in [-0.2, -0.15) is 21.6 Å². The van der Waals surface area contributed by atoms with E-state index in [-0.39, 0.29) is 6.54 Å². The van der Waals surface area contributed by atoms with Crippen LogP contribution in [-0.2, 0) is 22.9 Å². The summed E-state index contributed by atoms with van der Waals surface area (Å²) in [7, 11) is -4.05. The first-order valence-corrected chi connectivity index (χ1v) is 5.82. The minimum Gasteiger partial charge on any atom is -0.254 e. The largest absolute Gasteiger partial charge is 0.416 e. The fourth-order valence-electron chi connectivity index (χ4n) is 1.07. The number of benzene rings is 1. The third-order valence-electron chi connectivity index (χ3n) is 1.95. The van der Waals surface area contributed by atoms with E-state index in [9.17, 15) is 21.6 Å². The maximum atomic E-state index is 12.2. The van der Waals surface area contributed by atoms with Crippen molar-refractivity contribution in [2.45, 2.75) is 12.7 Å². The highest BCUT2D eigenvalue weighted by Gasteiger charge is 2.30. The van der Waals surface area contributed by atoms with Crippen molar-refractivity contribution in [3.8, 4) is 0 Å². The van der Waals surface area contributed by atoms with Crippen molar-refractivity contribution >= 4 is 10.2 Å². The Morgan fingerprint density at radius 2 is 1.65 bits per heavy atom. The van der Waals surface area contributed by atoms with Gasteiger partial charge in [-0.15, -0.1) is 4.41 Å². The van der Waals surface area contributed by atoms with Gasteiger partial charge in [0.05, 0.1) is 12.1 Å². The lowest BCUT2D eigenvalue weighted by molar-refractivity contribution is -0.137. The highest BCUT2D eigenvalue weighted by Crippen LogP contribution is 2.29. The van der Waals surface area contributed by atoms with Crippen LogP contribution >= 0.6 is 0 Å². The summed E-state index contributed by atoms with van der Waals surface area (Å²) < 4.78 is 58.5. The number of alkyl halides is 3. The molecule has 0 aromatic heterocycles. The molecule has 0 amide bonds. The van der Waals surface area contributed by atoms with E-state index in [2.05, 4.69) is 0 Å².